The Hall–Kier alpha value is -3.22. The lowest BCUT2D eigenvalue weighted by Gasteiger charge is -2.19. The number of anilines is 1. The van der Waals surface area contributed by atoms with Crippen LogP contribution in [0.25, 0.3) is 0 Å². The summed E-state index contributed by atoms with van der Waals surface area (Å²) < 4.78 is 28.4. The molecule has 3 aromatic rings. The van der Waals surface area contributed by atoms with Gasteiger partial charge >= 0.3 is 0 Å². The average Bonchev–Trinajstić information content (AvgIpc) is 3.36. The van der Waals surface area contributed by atoms with Crippen LogP contribution in [-0.2, 0) is 6.54 Å². The summed E-state index contributed by atoms with van der Waals surface area (Å²) in [5, 5.41) is 7.36. The molecule has 0 aliphatic carbocycles. The van der Waals surface area contributed by atoms with Crippen molar-refractivity contribution in [2.75, 3.05) is 24.5 Å². The zero-order chi connectivity index (χ0) is 21.1. The molecular weight excluding hydrogens is 386 g/mol. The molecule has 156 valence electrons. The quantitative estimate of drug-likeness (QED) is 0.673. The van der Waals surface area contributed by atoms with Gasteiger partial charge in [0.25, 0.3) is 5.91 Å². The molecule has 0 bridgehead atoms. The van der Waals surface area contributed by atoms with Gasteiger partial charge in [0, 0.05) is 37.1 Å². The molecule has 2 aromatic carbocycles. The Morgan fingerprint density at radius 1 is 1.17 bits per heavy atom. The number of halogens is 2. The highest BCUT2D eigenvalue weighted by molar-refractivity contribution is 5.95. The lowest BCUT2D eigenvalue weighted by molar-refractivity contribution is 0.0947. The topological polar surface area (TPSA) is 50.2 Å². The van der Waals surface area contributed by atoms with Crippen molar-refractivity contribution in [3.8, 4) is 0 Å². The first-order valence-corrected chi connectivity index (χ1v) is 10.1. The van der Waals surface area contributed by atoms with Crippen LogP contribution in [0.3, 0.4) is 0 Å². The lowest BCUT2D eigenvalue weighted by atomic mass is 10.1. The zero-order valence-corrected chi connectivity index (χ0v) is 16.8. The molecule has 7 heteroatoms. The number of carbonyl (C=O) groups is 1. The second kappa shape index (κ2) is 8.65. The number of hydrogen-bond donors (Lipinski definition) is 1. The van der Waals surface area contributed by atoms with Crippen molar-refractivity contribution >= 4 is 11.6 Å². The maximum Gasteiger partial charge on any atom is 0.254 e. The number of amides is 1. The Morgan fingerprint density at radius 2 is 1.97 bits per heavy atom. The number of benzene rings is 2. The zero-order valence-electron chi connectivity index (χ0n) is 16.8. The van der Waals surface area contributed by atoms with Crippen LogP contribution in [0.4, 0.5) is 14.5 Å². The first-order chi connectivity index (χ1) is 14.5. The summed E-state index contributed by atoms with van der Waals surface area (Å²) >= 11 is 0. The molecule has 30 heavy (non-hydrogen) atoms. The van der Waals surface area contributed by atoms with Crippen LogP contribution in [0.5, 0.6) is 0 Å². The van der Waals surface area contributed by atoms with Gasteiger partial charge in [0.1, 0.15) is 0 Å². The fraction of sp³-hybridized carbons (Fsp3) is 0.304. The summed E-state index contributed by atoms with van der Waals surface area (Å²) in [4.78, 5) is 14.7. The predicted molar refractivity (Wildman–Crippen MR) is 112 cm³/mol. The van der Waals surface area contributed by atoms with Gasteiger partial charge in [0.15, 0.2) is 11.6 Å². The second-order valence-corrected chi connectivity index (χ2v) is 7.70. The van der Waals surface area contributed by atoms with Gasteiger partial charge in [-0.3, -0.25) is 9.48 Å². The van der Waals surface area contributed by atoms with Gasteiger partial charge in [-0.25, -0.2) is 8.78 Å². The summed E-state index contributed by atoms with van der Waals surface area (Å²) in [7, 11) is 0. The Bertz CT molecular complexity index is 1030. The highest BCUT2D eigenvalue weighted by Gasteiger charge is 2.24. The highest BCUT2D eigenvalue weighted by atomic mass is 19.2. The molecule has 1 unspecified atom stereocenters. The van der Waals surface area contributed by atoms with Gasteiger partial charge in [-0.05, 0) is 37.0 Å². The molecule has 1 saturated heterocycles. The van der Waals surface area contributed by atoms with Gasteiger partial charge < -0.3 is 10.2 Å². The van der Waals surface area contributed by atoms with Crippen molar-refractivity contribution in [2.45, 2.75) is 19.9 Å². The molecule has 5 nitrogen and oxygen atoms in total. The molecule has 1 fully saturated rings. The minimum Gasteiger partial charge on any atom is -0.371 e. The van der Waals surface area contributed by atoms with Crippen molar-refractivity contribution in [2.24, 2.45) is 5.92 Å². The van der Waals surface area contributed by atoms with E-state index in [1.807, 2.05) is 46.8 Å². The average molecular weight is 410 g/mol. The molecule has 0 saturated carbocycles. The minimum absolute atomic E-state index is 0.141. The van der Waals surface area contributed by atoms with Gasteiger partial charge in [-0.15, -0.1) is 0 Å². The summed E-state index contributed by atoms with van der Waals surface area (Å²) in [5.41, 5.74) is 3.19. The summed E-state index contributed by atoms with van der Waals surface area (Å²) in [5.74, 6) is -1.57. The molecule has 1 aliphatic rings. The van der Waals surface area contributed by atoms with Gasteiger partial charge in [-0.1, -0.05) is 30.3 Å². The monoisotopic (exact) mass is 410 g/mol. The van der Waals surface area contributed by atoms with Crippen molar-refractivity contribution in [3.63, 3.8) is 0 Å². The number of carbonyl (C=O) groups excluding carboxylic acids is 1. The Morgan fingerprint density at radius 3 is 2.73 bits per heavy atom. The van der Waals surface area contributed by atoms with E-state index < -0.39 is 11.6 Å². The van der Waals surface area contributed by atoms with Crippen LogP contribution in [0.2, 0.25) is 0 Å². The molecule has 0 radical (unpaired) electrons. The van der Waals surface area contributed by atoms with E-state index in [4.69, 9.17) is 0 Å². The van der Waals surface area contributed by atoms with Crippen molar-refractivity contribution < 1.29 is 13.6 Å². The molecule has 1 aliphatic heterocycles. The third-order valence-corrected chi connectivity index (χ3v) is 5.63. The van der Waals surface area contributed by atoms with E-state index in [0.29, 0.717) is 30.9 Å². The third-order valence-electron chi connectivity index (χ3n) is 5.63. The maximum atomic E-state index is 13.5. The second-order valence-electron chi connectivity index (χ2n) is 7.70. The van der Waals surface area contributed by atoms with E-state index in [1.54, 1.807) is 12.3 Å². The van der Waals surface area contributed by atoms with E-state index in [1.165, 1.54) is 6.07 Å². The number of nitrogens with one attached hydrogen (secondary N) is 1. The van der Waals surface area contributed by atoms with E-state index in [9.17, 15) is 13.6 Å². The summed E-state index contributed by atoms with van der Waals surface area (Å²) in [6, 6.07) is 13.9. The van der Waals surface area contributed by atoms with Gasteiger partial charge in [0.2, 0.25) is 0 Å². The standard InChI is InChI=1S/C23H24F2N4O/c1-16-20(13-27-29(16)15-17-5-3-2-4-6-17)23(30)26-12-18-9-10-28(14-18)19-7-8-21(24)22(25)11-19/h2-8,11,13,18H,9-10,12,14-15H2,1H3,(H,26,30). The summed E-state index contributed by atoms with van der Waals surface area (Å²) in [6.45, 7) is 4.48. The SMILES string of the molecule is Cc1c(C(=O)NCC2CCN(c3ccc(F)c(F)c3)C2)cnn1Cc1ccccc1. The molecule has 1 atom stereocenters. The molecule has 4 rings (SSSR count). The molecule has 2 heterocycles. The molecule has 1 aromatic heterocycles. The lowest BCUT2D eigenvalue weighted by Crippen LogP contribution is -2.31. The Kier molecular flexibility index (Phi) is 5.79. The van der Waals surface area contributed by atoms with Crippen LogP contribution in [0.1, 0.15) is 28.0 Å². The maximum absolute atomic E-state index is 13.5. The Balaban J connectivity index is 1.32. The smallest absolute Gasteiger partial charge is 0.254 e. The van der Waals surface area contributed by atoms with E-state index in [2.05, 4.69) is 10.4 Å². The van der Waals surface area contributed by atoms with E-state index in [-0.39, 0.29) is 11.8 Å². The van der Waals surface area contributed by atoms with Crippen LogP contribution >= 0.6 is 0 Å². The van der Waals surface area contributed by atoms with Crippen molar-refractivity contribution in [1.82, 2.24) is 15.1 Å². The number of aromatic nitrogens is 2. The molecule has 1 amide bonds. The van der Waals surface area contributed by atoms with Crippen molar-refractivity contribution in [3.05, 3.63) is 83.2 Å². The fourth-order valence-corrected chi connectivity index (χ4v) is 3.83. The molecule has 1 N–H and O–H groups in total. The van der Waals surface area contributed by atoms with E-state index in [0.717, 1.165) is 30.3 Å². The number of hydrogen-bond acceptors (Lipinski definition) is 3. The largest absolute Gasteiger partial charge is 0.371 e. The van der Waals surface area contributed by atoms with Crippen LogP contribution in [0, 0.1) is 24.5 Å². The Labute approximate surface area is 174 Å². The highest BCUT2D eigenvalue weighted by Crippen LogP contribution is 2.25. The number of nitrogens with zero attached hydrogens (tertiary/aromatic N) is 3. The van der Waals surface area contributed by atoms with Crippen LogP contribution < -0.4 is 10.2 Å². The molecule has 0 spiro atoms. The fourth-order valence-electron chi connectivity index (χ4n) is 3.83. The van der Waals surface area contributed by atoms with Crippen LogP contribution in [-0.4, -0.2) is 35.3 Å². The normalized spacial score (nSPS) is 16.1. The predicted octanol–water partition coefficient (Wildman–Crippen LogP) is 3.77. The van der Waals surface area contributed by atoms with Crippen LogP contribution in [0.15, 0.2) is 54.7 Å². The van der Waals surface area contributed by atoms with Gasteiger partial charge in [-0.2, -0.15) is 5.10 Å². The third kappa shape index (κ3) is 4.35. The first-order valence-electron chi connectivity index (χ1n) is 10.1. The number of rotatable bonds is 6. The van der Waals surface area contributed by atoms with Gasteiger partial charge in [0.05, 0.1) is 18.3 Å². The molecular formula is C23H24F2N4O. The minimum atomic E-state index is -0.843. The summed E-state index contributed by atoms with van der Waals surface area (Å²) in [6.07, 6.45) is 2.49. The van der Waals surface area contributed by atoms with E-state index >= 15 is 0 Å². The van der Waals surface area contributed by atoms with Crippen molar-refractivity contribution in [1.29, 1.82) is 0 Å². The first kappa shape index (κ1) is 20.1.